The molecule has 1 aliphatic rings. The maximum atomic E-state index is 13.4. The van der Waals surface area contributed by atoms with E-state index < -0.39 is 15.3 Å². The van der Waals surface area contributed by atoms with Gasteiger partial charge in [0.1, 0.15) is 5.52 Å². The lowest BCUT2D eigenvalue weighted by Crippen LogP contribution is -2.40. The Morgan fingerprint density at radius 1 is 1.03 bits per heavy atom. The summed E-state index contributed by atoms with van der Waals surface area (Å²) in [7, 11) is -1.92. The van der Waals surface area contributed by atoms with Gasteiger partial charge in [-0.3, -0.25) is 4.72 Å². The van der Waals surface area contributed by atoms with E-state index in [9.17, 15) is 13.5 Å². The van der Waals surface area contributed by atoms with Crippen LogP contribution in [0.5, 0.6) is 0 Å². The van der Waals surface area contributed by atoms with Crippen molar-refractivity contribution in [3.63, 3.8) is 0 Å². The summed E-state index contributed by atoms with van der Waals surface area (Å²) in [6.07, 6.45) is 6.18. The Morgan fingerprint density at radius 3 is 2.32 bits per heavy atom. The van der Waals surface area contributed by atoms with Gasteiger partial charge in [0, 0.05) is 43.4 Å². The normalized spacial score (nSPS) is 17.6. The zero-order chi connectivity index (χ0) is 25.6. The number of hydrogen-bond donors (Lipinski definition) is 2. The molecule has 5 aromatic rings. The zero-order valence-corrected chi connectivity index (χ0v) is 21.0. The summed E-state index contributed by atoms with van der Waals surface area (Å²) in [5.41, 5.74) is 4.19. The summed E-state index contributed by atoms with van der Waals surface area (Å²) in [6, 6.07) is 19.7. The van der Waals surface area contributed by atoms with E-state index in [1.807, 2.05) is 73.9 Å². The highest BCUT2D eigenvalue weighted by atomic mass is 32.2. The van der Waals surface area contributed by atoms with Crippen LogP contribution in [-0.4, -0.2) is 49.5 Å². The summed E-state index contributed by atoms with van der Waals surface area (Å²) in [4.78, 5) is 9.09. The van der Waals surface area contributed by atoms with Crippen molar-refractivity contribution >= 4 is 21.4 Å². The molecule has 3 heterocycles. The minimum absolute atomic E-state index is 0.00739. The van der Waals surface area contributed by atoms with Crippen molar-refractivity contribution in [2.45, 2.75) is 18.1 Å². The SMILES string of the molecule is Cn1ccnc1-c1nc(NS(=O)(=O)C2CC(CO)C2)c2c(-c3ccccc3)c(-c3ccccc3)cn2n1. The molecule has 0 aliphatic heterocycles. The van der Waals surface area contributed by atoms with Crippen molar-refractivity contribution in [2.24, 2.45) is 13.0 Å². The van der Waals surface area contributed by atoms with Crippen molar-refractivity contribution in [3.8, 4) is 33.9 Å². The molecule has 188 valence electrons. The number of hydrogen-bond acceptors (Lipinski definition) is 6. The van der Waals surface area contributed by atoms with Gasteiger partial charge in [-0.1, -0.05) is 60.7 Å². The summed E-state index contributed by atoms with van der Waals surface area (Å²) in [5, 5.41) is 13.6. The van der Waals surface area contributed by atoms with E-state index >= 15 is 0 Å². The van der Waals surface area contributed by atoms with E-state index in [4.69, 9.17) is 10.1 Å². The van der Waals surface area contributed by atoms with Crippen LogP contribution in [0.1, 0.15) is 12.8 Å². The number of sulfonamides is 1. The Kier molecular flexibility index (Phi) is 5.77. The van der Waals surface area contributed by atoms with Crippen LogP contribution in [0.25, 0.3) is 39.4 Å². The number of aliphatic hydroxyl groups is 1. The van der Waals surface area contributed by atoms with Gasteiger partial charge in [0.15, 0.2) is 11.6 Å². The molecule has 2 N–H and O–H groups in total. The predicted octanol–water partition coefficient (Wildman–Crippen LogP) is 3.98. The molecule has 0 atom stereocenters. The minimum atomic E-state index is -3.75. The second kappa shape index (κ2) is 9.13. The fourth-order valence-electron chi connectivity index (χ4n) is 4.86. The van der Waals surface area contributed by atoms with Gasteiger partial charge in [-0.05, 0) is 29.9 Å². The maximum Gasteiger partial charge on any atom is 0.236 e. The Balaban J connectivity index is 1.60. The molecule has 0 unspecified atom stereocenters. The van der Waals surface area contributed by atoms with Gasteiger partial charge in [0.05, 0.1) is 5.25 Å². The first-order valence-corrected chi connectivity index (χ1v) is 13.6. The van der Waals surface area contributed by atoms with Crippen LogP contribution in [-0.2, 0) is 17.1 Å². The lowest BCUT2D eigenvalue weighted by atomic mass is 9.86. The standard InChI is InChI=1S/C27H26N6O3S/c1-32-13-12-28-27(32)26-29-25(31-37(35,36)21-14-18(15-21)17-34)24-23(20-10-6-3-7-11-20)22(16-33(24)30-26)19-8-4-2-5-9-19/h2-13,16,18,21,34H,14-15,17H2,1H3,(H,29,30,31). The Bertz CT molecular complexity index is 1670. The van der Waals surface area contributed by atoms with Gasteiger partial charge in [0.2, 0.25) is 15.8 Å². The van der Waals surface area contributed by atoms with Gasteiger partial charge in [-0.25, -0.2) is 22.9 Å². The van der Waals surface area contributed by atoms with Crippen molar-refractivity contribution in [3.05, 3.63) is 79.3 Å². The summed E-state index contributed by atoms with van der Waals surface area (Å²) >= 11 is 0. The van der Waals surface area contributed by atoms with Crippen LogP contribution in [0.15, 0.2) is 79.3 Å². The van der Waals surface area contributed by atoms with Crippen LogP contribution >= 0.6 is 0 Å². The number of anilines is 1. The Labute approximate surface area is 214 Å². The molecule has 6 rings (SSSR count). The third kappa shape index (κ3) is 4.17. The number of benzene rings is 2. The molecule has 2 aromatic carbocycles. The van der Waals surface area contributed by atoms with E-state index in [-0.39, 0.29) is 18.3 Å². The number of imidazole rings is 1. The van der Waals surface area contributed by atoms with Crippen molar-refractivity contribution in [1.29, 1.82) is 0 Å². The second-order valence-corrected chi connectivity index (χ2v) is 11.3. The lowest BCUT2D eigenvalue weighted by molar-refractivity contribution is 0.165. The van der Waals surface area contributed by atoms with E-state index in [1.165, 1.54) is 0 Å². The van der Waals surface area contributed by atoms with E-state index in [1.54, 1.807) is 21.5 Å². The quantitative estimate of drug-likeness (QED) is 0.340. The fraction of sp³-hybridized carbons (Fsp3) is 0.222. The van der Waals surface area contributed by atoms with Gasteiger partial charge in [-0.2, -0.15) is 0 Å². The molecule has 0 saturated heterocycles. The van der Waals surface area contributed by atoms with Crippen molar-refractivity contribution in [1.82, 2.24) is 24.1 Å². The molecular weight excluding hydrogens is 488 g/mol. The largest absolute Gasteiger partial charge is 0.396 e. The van der Waals surface area contributed by atoms with Crippen LogP contribution < -0.4 is 4.72 Å². The molecule has 9 nitrogen and oxygen atoms in total. The average Bonchev–Trinajstić information content (AvgIpc) is 3.48. The molecule has 0 spiro atoms. The number of rotatable bonds is 7. The van der Waals surface area contributed by atoms with Crippen LogP contribution in [0.2, 0.25) is 0 Å². The number of nitrogens with one attached hydrogen (secondary N) is 1. The first kappa shape index (κ1) is 23.4. The first-order chi connectivity index (χ1) is 17.9. The molecule has 10 heteroatoms. The van der Waals surface area contributed by atoms with Crippen LogP contribution in [0.4, 0.5) is 5.82 Å². The van der Waals surface area contributed by atoms with Gasteiger partial charge < -0.3 is 9.67 Å². The highest BCUT2D eigenvalue weighted by Crippen LogP contribution is 2.41. The van der Waals surface area contributed by atoms with E-state index in [2.05, 4.69) is 9.71 Å². The Hall–Kier alpha value is -4.02. The summed E-state index contributed by atoms with van der Waals surface area (Å²) in [5.74, 6) is 1.02. The second-order valence-electron chi connectivity index (χ2n) is 9.38. The van der Waals surface area contributed by atoms with Crippen LogP contribution in [0, 0.1) is 5.92 Å². The molecule has 0 bridgehead atoms. The topological polar surface area (TPSA) is 114 Å². The number of aromatic nitrogens is 5. The number of fused-ring (bicyclic) bond motifs is 1. The molecular formula is C27H26N6O3S. The maximum absolute atomic E-state index is 13.4. The average molecular weight is 515 g/mol. The highest BCUT2D eigenvalue weighted by Gasteiger charge is 2.39. The molecule has 1 saturated carbocycles. The lowest BCUT2D eigenvalue weighted by Gasteiger charge is -2.33. The molecule has 0 radical (unpaired) electrons. The zero-order valence-electron chi connectivity index (χ0n) is 20.2. The molecule has 0 amide bonds. The first-order valence-electron chi connectivity index (χ1n) is 12.1. The fourth-order valence-corrected chi connectivity index (χ4v) is 6.49. The van der Waals surface area contributed by atoms with Gasteiger partial charge in [-0.15, -0.1) is 5.10 Å². The summed E-state index contributed by atoms with van der Waals surface area (Å²) < 4.78 is 33.1. The molecule has 1 fully saturated rings. The third-order valence-electron chi connectivity index (χ3n) is 6.93. The minimum Gasteiger partial charge on any atom is -0.396 e. The molecule has 37 heavy (non-hydrogen) atoms. The highest BCUT2D eigenvalue weighted by molar-refractivity contribution is 7.93. The van der Waals surface area contributed by atoms with E-state index in [0.717, 1.165) is 22.3 Å². The molecule has 3 aromatic heterocycles. The van der Waals surface area contributed by atoms with Gasteiger partial charge >= 0.3 is 0 Å². The molecule has 1 aliphatic carbocycles. The van der Waals surface area contributed by atoms with E-state index in [0.29, 0.717) is 30.0 Å². The Morgan fingerprint density at radius 2 is 1.70 bits per heavy atom. The third-order valence-corrected chi connectivity index (χ3v) is 8.67. The van der Waals surface area contributed by atoms with Crippen molar-refractivity contribution in [2.75, 3.05) is 11.3 Å². The number of aryl methyl sites for hydroxylation is 1. The predicted molar refractivity (Wildman–Crippen MR) is 142 cm³/mol. The van der Waals surface area contributed by atoms with Crippen LogP contribution in [0.3, 0.4) is 0 Å². The smallest absolute Gasteiger partial charge is 0.236 e. The number of aliphatic hydroxyl groups excluding tert-OH is 1. The monoisotopic (exact) mass is 514 g/mol. The van der Waals surface area contributed by atoms with Crippen molar-refractivity contribution < 1.29 is 13.5 Å². The summed E-state index contributed by atoms with van der Waals surface area (Å²) in [6.45, 7) is -0.00955. The number of nitrogens with zero attached hydrogens (tertiary/aromatic N) is 5. The van der Waals surface area contributed by atoms with Gasteiger partial charge in [0.25, 0.3) is 0 Å².